The molecule has 0 N–H and O–H groups in total. The number of carbonyl (C=O) groups is 1. The highest BCUT2D eigenvalue weighted by molar-refractivity contribution is 5.77. The zero-order chi connectivity index (χ0) is 14.8. The van der Waals surface area contributed by atoms with Crippen LogP contribution in [0.25, 0.3) is 0 Å². The van der Waals surface area contributed by atoms with Gasteiger partial charge in [0.25, 0.3) is 5.91 Å². The molecule has 0 atom stereocenters. The van der Waals surface area contributed by atoms with Gasteiger partial charge in [0.15, 0.2) is 6.61 Å². The topological polar surface area (TPSA) is 42.4 Å². The Balaban J connectivity index is 1.88. The quantitative estimate of drug-likeness (QED) is 0.835. The van der Waals surface area contributed by atoms with E-state index in [2.05, 4.69) is 4.98 Å². The van der Waals surface area contributed by atoms with Crippen molar-refractivity contribution in [2.75, 3.05) is 20.2 Å². The minimum absolute atomic E-state index is 0.201. The molecule has 4 nitrogen and oxygen atoms in total. The molecular weight excluding hydrogens is 273 g/mol. The Kier molecular flexibility index (Phi) is 4.15. The summed E-state index contributed by atoms with van der Waals surface area (Å²) in [5.74, 6) is 0.0831. The fraction of sp³-hybridized carbons (Fsp3) is 0.538. The summed E-state index contributed by atoms with van der Waals surface area (Å²) in [5.41, 5.74) is -1.03. The van der Waals surface area contributed by atoms with E-state index in [0.29, 0.717) is 12.5 Å². The molecule has 1 aromatic heterocycles. The molecule has 0 unspecified atom stereocenters. The van der Waals surface area contributed by atoms with Gasteiger partial charge >= 0.3 is 6.18 Å². The molecule has 1 amide bonds. The van der Waals surface area contributed by atoms with Crippen LogP contribution in [-0.4, -0.2) is 36.0 Å². The van der Waals surface area contributed by atoms with Crippen molar-refractivity contribution >= 4 is 5.91 Å². The Morgan fingerprint density at radius 1 is 1.45 bits per heavy atom. The van der Waals surface area contributed by atoms with Crippen LogP contribution in [0.1, 0.15) is 18.5 Å². The third-order valence-corrected chi connectivity index (χ3v) is 3.01. The molecule has 2 rings (SSSR count). The van der Waals surface area contributed by atoms with Crippen LogP contribution in [0.2, 0.25) is 0 Å². The molecule has 110 valence electrons. The molecule has 0 radical (unpaired) electrons. The second-order valence-electron chi connectivity index (χ2n) is 4.87. The minimum atomic E-state index is -4.52. The average Bonchev–Trinajstić information content (AvgIpc) is 3.19. The van der Waals surface area contributed by atoms with Crippen LogP contribution < -0.4 is 4.74 Å². The van der Waals surface area contributed by atoms with Crippen LogP contribution in [0.15, 0.2) is 18.2 Å². The largest absolute Gasteiger partial charge is 0.468 e. The predicted octanol–water partition coefficient (Wildman–Crippen LogP) is 2.35. The van der Waals surface area contributed by atoms with Gasteiger partial charge in [0.05, 0.1) is 0 Å². The summed E-state index contributed by atoms with van der Waals surface area (Å²) in [6, 6.07) is 3.35. The maximum atomic E-state index is 12.5. The van der Waals surface area contributed by atoms with E-state index in [4.69, 9.17) is 4.74 Å². The molecule has 1 saturated carbocycles. The highest BCUT2D eigenvalue weighted by atomic mass is 19.4. The fourth-order valence-electron chi connectivity index (χ4n) is 1.69. The molecule has 1 aliphatic carbocycles. The van der Waals surface area contributed by atoms with E-state index in [1.807, 2.05) is 0 Å². The van der Waals surface area contributed by atoms with E-state index in [1.165, 1.54) is 17.0 Å². The van der Waals surface area contributed by atoms with Gasteiger partial charge in [-0.15, -0.1) is 0 Å². The molecule has 0 saturated heterocycles. The number of aromatic nitrogens is 1. The second kappa shape index (κ2) is 5.68. The number of carbonyl (C=O) groups excluding carboxylic acids is 1. The van der Waals surface area contributed by atoms with Crippen molar-refractivity contribution in [1.29, 1.82) is 0 Å². The molecule has 0 spiro atoms. The second-order valence-corrected chi connectivity index (χ2v) is 4.87. The van der Waals surface area contributed by atoms with Gasteiger partial charge < -0.3 is 9.64 Å². The van der Waals surface area contributed by atoms with Crippen LogP contribution in [0.3, 0.4) is 0 Å². The number of nitrogens with zero attached hydrogens (tertiary/aromatic N) is 2. The number of alkyl halides is 3. The summed E-state index contributed by atoms with van der Waals surface area (Å²) < 4.78 is 42.4. The third-order valence-electron chi connectivity index (χ3n) is 3.01. The van der Waals surface area contributed by atoms with Gasteiger partial charge in [-0.1, -0.05) is 6.07 Å². The van der Waals surface area contributed by atoms with Gasteiger partial charge in [0.1, 0.15) is 5.69 Å². The molecular formula is C13H15F3N2O2. The molecule has 7 heteroatoms. The highest BCUT2D eigenvalue weighted by Gasteiger charge is 2.32. The van der Waals surface area contributed by atoms with Crippen molar-refractivity contribution in [2.45, 2.75) is 19.0 Å². The summed E-state index contributed by atoms with van der Waals surface area (Å²) in [7, 11) is 1.66. The highest BCUT2D eigenvalue weighted by Crippen LogP contribution is 2.29. The van der Waals surface area contributed by atoms with Gasteiger partial charge in [-0.3, -0.25) is 4.79 Å². The van der Waals surface area contributed by atoms with Crippen molar-refractivity contribution in [3.63, 3.8) is 0 Å². The van der Waals surface area contributed by atoms with E-state index in [1.54, 1.807) is 7.05 Å². The Labute approximate surface area is 114 Å². The molecule has 1 aromatic rings. The number of likely N-dealkylation sites (N-methyl/N-ethyl adjacent to an activating group) is 1. The van der Waals surface area contributed by atoms with Crippen LogP contribution in [-0.2, 0) is 11.0 Å². The van der Waals surface area contributed by atoms with Gasteiger partial charge in [0, 0.05) is 19.7 Å². The van der Waals surface area contributed by atoms with Crippen LogP contribution >= 0.6 is 0 Å². The van der Waals surface area contributed by atoms with Gasteiger partial charge in [0.2, 0.25) is 5.88 Å². The number of amides is 1. The number of hydrogen-bond donors (Lipinski definition) is 0. The van der Waals surface area contributed by atoms with Gasteiger partial charge in [-0.25, -0.2) is 4.98 Å². The Bertz CT molecular complexity index is 487. The number of ether oxygens (including phenoxy) is 1. The minimum Gasteiger partial charge on any atom is -0.468 e. The van der Waals surface area contributed by atoms with E-state index >= 15 is 0 Å². The van der Waals surface area contributed by atoms with E-state index in [-0.39, 0.29) is 18.4 Å². The van der Waals surface area contributed by atoms with E-state index in [9.17, 15) is 18.0 Å². The Morgan fingerprint density at radius 2 is 2.15 bits per heavy atom. The first kappa shape index (κ1) is 14.6. The lowest BCUT2D eigenvalue weighted by Crippen LogP contribution is -2.33. The fourth-order valence-corrected chi connectivity index (χ4v) is 1.69. The first-order chi connectivity index (χ1) is 9.36. The summed E-state index contributed by atoms with van der Waals surface area (Å²) in [5, 5.41) is 0. The average molecular weight is 288 g/mol. The van der Waals surface area contributed by atoms with Crippen molar-refractivity contribution in [1.82, 2.24) is 9.88 Å². The maximum absolute atomic E-state index is 12.5. The first-order valence-electron chi connectivity index (χ1n) is 6.27. The monoisotopic (exact) mass is 288 g/mol. The number of halogens is 3. The van der Waals surface area contributed by atoms with Gasteiger partial charge in [-0.05, 0) is 24.8 Å². The molecule has 0 bridgehead atoms. The maximum Gasteiger partial charge on any atom is 0.433 e. The Hall–Kier alpha value is -1.79. The normalized spacial score (nSPS) is 15.0. The lowest BCUT2D eigenvalue weighted by molar-refractivity contribution is -0.141. The molecule has 1 aliphatic rings. The van der Waals surface area contributed by atoms with Crippen molar-refractivity contribution in [3.05, 3.63) is 23.9 Å². The molecule has 1 heterocycles. The van der Waals surface area contributed by atoms with Crippen molar-refractivity contribution in [3.8, 4) is 5.88 Å². The summed E-state index contributed by atoms with van der Waals surface area (Å²) in [6.45, 7) is 0.357. The van der Waals surface area contributed by atoms with Crippen LogP contribution in [0, 0.1) is 5.92 Å². The summed E-state index contributed by atoms with van der Waals surface area (Å²) >= 11 is 0. The SMILES string of the molecule is CN(CC1CC1)C(=O)COc1cccc(C(F)(F)F)n1. The van der Waals surface area contributed by atoms with Crippen LogP contribution in [0.5, 0.6) is 5.88 Å². The first-order valence-corrected chi connectivity index (χ1v) is 6.27. The molecule has 20 heavy (non-hydrogen) atoms. The van der Waals surface area contributed by atoms with E-state index in [0.717, 1.165) is 18.9 Å². The summed E-state index contributed by atoms with van der Waals surface area (Å²) in [4.78, 5) is 16.6. The third kappa shape index (κ3) is 4.11. The number of pyridine rings is 1. The van der Waals surface area contributed by atoms with Crippen LogP contribution in [0.4, 0.5) is 13.2 Å². The lowest BCUT2D eigenvalue weighted by Gasteiger charge is -2.17. The zero-order valence-electron chi connectivity index (χ0n) is 11.0. The van der Waals surface area contributed by atoms with Gasteiger partial charge in [-0.2, -0.15) is 13.2 Å². The summed E-state index contributed by atoms with van der Waals surface area (Å²) in [6.07, 6.45) is -2.28. The number of hydrogen-bond acceptors (Lipinski definition) is 3. The molecule has 0 aliphatic heterocycles. The van der Waals surface area contributed by atoms with Crippen molar-refractivity contribution in [2.24, 2.45) is 5.92 Å². The predicted molar refractivity (Wildman–Crippen MR) is 65.1 cm³/mol. The van der Waals surface area contributed by atoms with E-state index < -0.39 is 11.9 Å². The van der Waals surface area contributed by atoms with Crippen molar-refractivity contribution < 1.29 is 22.7 Å². The number of rotatable bonds is 5. The smallest absolute Gasteiger partial charge is 0.433 e. The molecule has 1 fully saturated rings. The molecule has 0 aromatic carbocycles. The Morgan fingerprint density at radius 3 is 2.75 bits per heavy atom. The zero-order valence-corrected chi connectivity index (χ0v) is 11.0. The lowest BCUT2D eigenvalue weighted by atomic mass is 10.3. The standard InChI is InChI=1S/C13H15F3N2O2/c1-18(7-9-5-6-9)12(19)8-20-11-4-2-3-10(17-11)13(14,15)16/h2-4,9H,5-8H2,1H3.